The van der Waals surface area contributed by atoms with Crippen molar-refractivity contribution in [2.45, 2.75) is 11.8 Å². The molecule has 1 aliphatic rings. The standard InChI is InChI=1S/C19H18ClN3O4S/c1-12-16(10-13-4-6-14(7-5-13)22(2)3)19(24)23(21-12)18-11-15(28(25,26)27)8-9-17(18)20/h4-11H,1-3H3,(H,25,26,27). The van der Waals surface area contributed by atoms with E-state index in [4.69, 9.17) is 11.6 Å². The number of carbonyl (C=O) groups excluding carboxylic acids is 1. The summed E-state index contributed by atoms with van der Waals surface area (Å²) in [7, 11) is -0.564. The molecule has 0 fully saturated rings. The molecular weight excluding hydrogens is 402 g/mol. The molecule has 0 bridgehead atoms. The molecule has 28 heavy (non-hydrogen) atoms. The number of halogens is 1. The van der Waals surface area contributed by atoms with Crippen LogP contribution in [-0.2, 0) is 14.9 Å². The lowest BCUT2D eigenvalue weighted by Gasteiger charge is -2.14. The van der Waals surface area contributed by atoms with Gasteiger partial charge in [-0.1, -0.05) is 23.7 Å². The molecule has 0 unspecified atom stereocenters. The Bertz CT molecular complexity index is 1110. The molecule has 0 saturated heterocycles. The van der Waals surface area contributed by atoms with Crippen LogP contribution >= 0.6 is 11.6 Å². The zero-order valence-corrected chi connectivity index (χ0v) is 17.0. The normalized spacial score (nSPS) is 15.9. The molecule has 9 heteroatoms. The van der Waals surface area contributed by atoms with Gasteiger partial charge in [0.15, 0.2) is 0 Å². The minimum atomic E-state index is -4.44. The van der Waals surface area contributed by atoms with E-state index in [0.29, 0.717) is 11.3 Å². The van der Waals surface area contributed by atoms with E-state index < -0.39 is 16.0 Å². The lowest BCUT2D eigenvalue weighted by molar-refractivity contribution is -0.114. The molecule has 2 aromatic carbocycles. The summed E-state index contributed by atoms with van der Waals surface area (Å²) in [5, 5.41) is 5.38. The Morgan fingerprint density at radius 2 is 1.79 bits per heavy atom. The molecule has 1 amide bonds. The Kier molecular flexibility index (Phi) is 5.29. The van der Waals surface area contributed by atoms with E-state index in [-0.39, 0.29) is 15.6 Å². The van der Waals surface area contributed by atoms with Gasteiger partial charge in [0, 0.05) is 19.8 Å². The number of carbonyl (C=O) groups is 1. The highest BCUT2D eigenvalue weighted by atomic mass is 35.5. The molecule has 2 aromatic rings. The molecule has 0 saturated carbocycles. The number of nitrogens with zero attached hydrogens (tertiary/aromatic N) is 3. The molecule has 7 nitrogen and oxygen atoms in total. The zero-order chi connectivity index (χ0) is 20.6. The predicted octanol–water partition coefficient (Wildman–Crippen LogP) is 3.46. The first-order valence-corrected chi connectivity index (χ1v) is 10.1. The van der Waals surface area contributed by atoms with Gasteiger partial charge in [0.2, 0.25) is 0 Å². The van der Waals surface area contributed by atoms with E-state index in [1.807, 2.05) is 43.3 Å². The minimum absolute atomic E-state index is 0.0764. The van der Waals surface area contributed by atoms with Crippen molar-refractivity contribution in [3.8, 4) is 0 Å². The highest BCUT2D eigenvalue weighted by Gasteiger charge is 2.30. The molecule has 0 spiro atoms. The van der Waals surface area contributed by atoms with E-state index in [0.717, 1.165) is 28.4 Å². The maximum Gasteiger partial charge on any atom is 0.294 e. The fourth-order valence-corrected chi connectivity index (χ4v) is 3.40. The molecular formula is C19H18ClN3O4S. The summed E-state index contributed by atoms with van der Waals surface area (Å²) in [6, 6.07) is 11.2. The highest BCUT2D eigenvalue weighted by molar-refractivity contribution is 7.85. The summed E-state index contributed by atoms with van der Waals surface area (Å²) in [4.78, 5) is 14.5. The van der Waals surface area contributed by atoms with Crippen molar-refractivity contribution in [1.82, 2.24) is 0 Å². The second kappa shape index (κ2) is 7.38. The Morgan fingerprint density at radius 1 is 1.14 bits per heavy atom. The third-order valence-corrected chi connectivity index (χ3v) is 5.40. The third kappa shape index (κ3) is 3.94. The molecule has 0 radical (unpaired) electrons. The molecule has 0 aliphatic carbocycles. The molecule has 0 atom stereocenters. The van der Waals surface area contributed by atoms with E-state index in [2.05, 4.69) is 5.10 Å². The maximum atomic E-state index is 12.9. The van der Waals surface area contributed by atoms with E-state index in [1.165, 1.54) is 6.07 Å². The Morgan fingerprint density at radius 3 is 2.36 bits per heavy atom. The predicted molar refractivity (Wildman–Crippen MR) is 111 cm³/mol. The Hall–Kier alpha value is -2.68. The van der Waals surface area contributed by atoms with Crippen molar-refractivity contribution in [2.24, 2.45) is 5.10 Å². The summed E-state index contributed by atoms with van der Waals surface area (Å²) in [6.45, 7) is 1.68. The first kappa shape index (κ1) is 20.1. The van der Waals surface area contributed by atoms with Crippen molar-refractivity contribution < 1.29 is 17.8 Å². The van der Waals surface area contributed by atoms with Gasteiger partial charge in [0.05, 0.1) is 26.9 Å². The topological polar surface area (TPSA) is 90.3 Å². The van der Waals surface area contributed by atoms with Crippen LogP contribution in [-0.4, -0.2) is 38.7 Å². The lowest BCUT2D eigenvalue weighted by Crippen LogP contribution is -2.22. The van der Waals surface area contributed by atoms with E-state index >= 15 is 0 Å². The van der Waals surface area contributed by atoms with Crippen molar-refractivity contribution in [3.63, 3.8) is 0 Å². The van der Waals surface area contributed by atoms with Crippen molar-refractivity contribution in [3.05, 3.63) is 58.6 Å². The number of hydrogen-bond acceptors (Lipinski definition) is 5. The summed E-state index contributed by atoms with van der Waals surface area (Å²) >= 11 is 6.13. The van der Waals surface area contributed by atoms with Crippen LogP contribution in [0.4, 0.5) is 11.4 Å². The Labute approximate surface area is 168 Å². The summed E-state index contributed by atoms with van der Waals surface area (Å²) in [5.41, 5.74) is 2.76. The second-order valence-corrected chi connectivity index (χ2v) is 8.26. The molecule has 1 aliphatic heterocycles. The number of hydrazone groups is 1. The number of benzene rings is 2. The van der Waals surface area contributed by atoms with Crippen LogP contribution in [0.2, 0.25) is 5.02 Å². The first-order chi connectivity index (χ1) is 13.1. The van der Waals surface area contributed by atoms with Crippen LogP contribution in [0.1, 0.15) is 12.5 Å². The van der Waals surface area contributed by atoms with Gasteiger partial charge >= 0.3 is 0 Å². The monoisotopic (exact) mass is 419 g/mol. The number of hydrogen-bond donors (Lipinski definition) is 1. The van der Waals surface area contributed by atoms with E-state index in [9.17, 15) is 17.8 Å². The second-order valence-electron chi connectivity index (χ2n) is 6.43. The summed E-state index contributed by atoms with van der Waals surface area (Å²) < 4.78 is 32.0. The van der Waals surface area contributed by atoms with Gasteiger partial charge < -0.3 is 4.90 Å². The van der Waals surface area contributed by atoms with Gasteiger partial charge in [0.1, 0.15) is 0 Å². The van der Waals surface area contributed by atoms with Gasteiger partial charge in [-0.15, -0.1) is 0 Å². The van der Waals surface area contributed by atoms with Crippen LogP contribution in [0, 0.1) is 0 Å². The van der Waals surface area contributed by atoms with E-state index in [1.54, 1.807) is 13.0 Å². The van der Waals surface area contributed by atoms with Crippen LogP contribution in [0.3, 0.4) is 0 Å². The van der Waals surface area contributed by atoms with Crippen LogP contribution in [0.15, 0.2) is 58.0 Å². The smallest absolute Gasteiger partial charge is 0.294 e. The molecule has 0 aromatic heterocycles. The SMILES string of the molecule is CC1=NN(c2cc(S(=O)(=O)O)ccc2Cl)C(=O)C1=Cc1ccc(N(C)C)cc1. The molecule has 1 heterocycles. The fourth-order valence-electron chi connectivity index (χ4n) is 2.70. The van der Waals surface area contributed by atoms with Crippen LogP contribution in [0.25, 0.3) is 6.08 Å². The van der Waals surface area contributed by atoms with Gasteiger partial charge in [-0.25, -0.2) is 0 Å². The molecule has 146 valence electrons. The van der Waals surface area contributed by atoms with Crippen LogP contribution in [0.5, 0.6) is 0 Å². The third-order valence-electron chi connectivity index (χ3n) is 4.23. The van der Waals surface area contributed by atoms with Crippen molar-refractivity contribution in [1.29, 1.82) is 0 Å². The zero-order valence-electron chi connectivity index (χ0n) is 15.4. The average Bonchev–Trinajstić information content (AvgIpc) is 2.89. The quantitative estimate of drug-likeness (QED) is 0.605. The molecule has 3 rings (SSSR count). The largest absolute Gasteiger partial charge is 0.378 e. The maximum absolute atomic E-state index is 12.9. The fraction of sp³-hybridized carbons (Fsp3) is 0.158. The average molecular weight is 420 g/mol. The number of anilines is 2. The Balaban J connectivity index is 1.97. The lowest BCUT2D eigenvalue weighted by atomic mass is 10.1. The van der Waals surface area contributed by atoms with Crippen molar-refractivity contribution in [2.75, 3.05) is 24.0 Å². The summed E-state index contributed by atoms with van der Waals surface area (Å²) in [5.74, 6) is -0.441. The van der Waals surface area contributed by atoms with Crippen molar-refractivity contribution >= 4 is 50.8 Å². The van der Waals surface area contributed by atoms with Gasteiger partial charge in [-0.2, -0.15) is 18.5 Å². The van der Waals surface area contributed by atoms with Gasteiger partial charge in [0.25, 0.3) is 16.0 Å². The first-order valence-electron chi connectivity index (χ1n) is 8.24. The number of rotatable bonds is 4. The molecule has 1 N–H and O–H groups in total. The van der Waals surface area contributed by atoms with Gasteiger partial charge in [-0.05, 0) is 48.9 Å². The van der Waals surface area contributed by atoms with Crippen LogP contribution < -0.4 is 9.91 Å². The number of amides is 1. The minimum Gasteiger partial charge on any atom is -0.378 e. The summed E-state index contributed by atoms with van der Waals surface area (Å²) in [6.07, 6.45) is 1.71. The highest BCUT2D eigenvalue weighted by Crippen LogP contribution is 2.33. The van der Waals surface area contributed by atoms with Gasteiger partial charge in [-0.3, -0.25) is 9.35 Å².